The van der Waals surface area contributed by atoms with E-state index in [0.29, 0.717) is 38.9 Å². The molecule has 5 nitrogen and oxygen atoms in total. The van der Waals surface area contributed by atoms with Gasteiger partial charge in [0.25, 0.3) is 0 Å². The molecule has 0 N–H and O–H groups in total. The molecule has 0 saturated heterocycles. The lowest BCUT2D eigenvalue weighted by molar-refractivity contribution is 0.128. The summed E-state index contributed by atoms with van der Waals surface area (Å²) in [4.78, 5) is 0. The van der Waals surface area contributed by atoms with Gasteiger partial charge in [0.15, 0.2) is 19.7 Å². The van der Waals surface area contributed by atoms with E-state index in [4.69, 9.17) is 4.74 Å². The van der Waals surface area contributed by atoms with Gasteiger partial charge in [-0.15, -0.1) is 0 Å². The Kier molecular flexibility index (Phi) is 8.76. The Balaban J connectivity index is 3.74. The number of sulfone groups is 2. The lowest BCUT2D eigenvalue weighted by Gasteiger charge is -2.19. The van der Waals surface area contributed by atoms with E-state index < -0.39 is 29.2 Å². The monoisotopic (exact) mass is 370 g/mol. The maximum atomic E-state index is 11.9. The molecule has 0 spiro atoms. The minimum absolute atomic E-state index is 0.184. The van der Waals surface area contributed by atoms with E-state index in [9.17, 15) is 16.8 Å². The van der Waals surface area contributed by atoms with Gasteiger partial charge in [-0.25, -0.2) is 16.8 Å². The summed E-state index contributed by atoms with van der Waals surface area (Å²) < 4.78 is 51.7. The zero-order valence-electron chi connectivity index (χ0n) is 15.5. The molecule has 0 aliphatic rings. The zero-order chi connectivity index (χ0) is 18.4. The van der Waals surface area contributed by atoms with Crippen molar-refractivity contribution in [2.45, 2.75) is 76.7 Å². The van der Waals surface area contributed by atoms with Gasteiger partial charge in [0, 0.05) is 13.2 Å². The van der Waals surface area contributed by atoms with E-state index in [1.165, 1.54) is 0 Å². The predicted octanol–water partition coefficient (Wildman–Crippen LogP) is 2.99. The van der Waals surface area contributed by atoms with E-state index in [2.05, 4.69) is 0 Å². The van der Waals surface area contributed by atoms with Crippen molar-refractivity contribution in [1.82, 2.24) is 0 Å². The van der Waals surface area contributed by atoms with Crippen LogP contribution in [0.1, 0.15) is 67.2 Å². The largest absolute Gasteiger partial charge is 0.381 e. The normalized spacial score (nSPS) is 14.2. The van der Waals surface area contributed by atoms with Gasteiger partial charge >= 0.3 is 0 Å². The smallest absolute Gasteiger partial charge is 0.155 e. The highest BCUT2D eigenvalue weighted by Gasteiger charge is 2.28. The third kappa shape index (κ3) is 8.49. The van der Waals surface area contributed by atoms with Crippen molar-refractivity contribution in [3.63, 3.8) is 0 Å². The zero-order valence-corrected chi connectivity index (χ0v) is 17.1. The van der Waals surface area contributed by atoms with Crippen molar-refractivity contribution in [1.29, 1.82) is 0 Å². The summed E-state index contributed by atoms with van der Waals surface area (Å²) in [5.74, 6) is 0.368. The van der Waals surface area contributed by atoms with E-state index in [1.54, 1.807) is 41.5 Å². The molecule has 0 aromatic carbocycles. The van der Waals surface area contributed by atoms with Crippen molar-refractivity contribution in [3.8, 4) is 0 Å². The molecule has 0 fully saturated rings. The van der Waals surface area contributed by atoms with E-state index >= 15 is 0 Å². The molecule has 0 aromatic heterocycles. The molecule has 0 aromatic rings. The van der Waals surface area contributed by atoms with Crippen LogP contribution in [0.15, 0.2) is 0 Å². The van der Waals surface area contributed by atoms with Gasteiger partial charge in [-0.05, 0) is 67.2 Å². The van der Waals surface area contributed by atoms with Crippen LogP contribution in [0.25, 0.3) is 0 Å². The first kappa shape index (κ1) is 22.9. The molecule has 23 heavy (non-hydrogen) atoms. The first-order valence-corrected chi connectivity index (χ1v) is 11.5. The summed E-state index contributed by atoms with van der Waals surface area (Å²) in [7, 11) is -6.10. The highest BCUT2D eigenvalue weighted by atomic mass is 32.2. The maximum Gasteiger partial charge on any atom is 0.155 e. The summed E-state index contributed by atoms with van der Waals surface area (Å²) >= 11 is 0. The molecule has 0 rings (SSSR count). The SMILES string of the molecule is CC(C)(C)S(=O)(=O)CCCCOCCCCS(=O)(=O)C(C)(C)C. The molecule has 7 heteroatoms. The van der Waals surface area contributed by atoms with Crippen LogP contribution >= 0.6 is 0 Å². The van der Waals surface area contributed by atoms with Crippen LogP contribution in [0, 0.1) is 0 Å². The van der Waals surface area contributed by atoms with Crippen LogP contribution in [0.4, 0.5) is 0 Å². The second kappa shape index (κ2) is 8.81. The average Bonchev–Trinajstić information content (AvgIpc) is 2.33. The van der Waals surface area contributed by atoms with Gasteiger partial charge in [-0.2, -0.15) is 0 Å². The lowest BCUT2D eigenvalue weighted by Crippen LogP contribution is -2.30. The third-order valence-electron chi connectivity index (χ3n) is 3.77. The lowest BCUT2D eigenvalue weighted by atomic mass is 10.3. The molecule has 140 valence electrons. The maximum absolute atomic E-state index is 11.9. The summed E-state index contributed by atoms with van der Waals surface area (Å²) in [6.45, 7) is 11.3. The van der Waals surface area contributed by atoms with Crippen molar-refractivity contribution in [2.75, 3.05) is 24.7 Å². The Hall–Kier alpha value is -0.140. The minimum Gasteiger partial charge on any atom is -0.381 e. The molecule has 0 unspecified atom stereocenters. The molecule has 0 radical (unpaired) electrons. The first-order valence-electron chi connectivity index (χ1n) is 8.23. The fourth-order valence-electron chi connectivity index (χ4n) is 1.71. The fraction of sp³-hybridized carbons (Fsp3) is 1.00. The Bertz CT molecular complexity index is 484. The highest BCUT2D eigenvalue weighted by molar-refractivity contribution is 7.93. The van der Waals surface area contributed by atoms with Gasteiger partial charge in [0.1, 0.15) is 0 Å². The molecule has 0 aliphatic carbocycles. The van der Waals surface area contributed by atoms with Gasteiger partial charge in [-0.3, -0.25) is 0 Å². The summed E-state index contributed by atoms with van der Waals surface area (Å²) in [6.07, 6.45) is 2.60. The van der Waals surface area contributed by atoms with Crippen LogP contribution < -0.4 is 0 Å². The van der Waals surface area contributed by atoms with Crippen molar-refractivity contribution < 1.29 is 21.6 Å². The van der Waals surface area contributed by atoms with Crippen LogP contribution in [0.2, 0.25) is 0 Å². The van der Waals surface area contributed by atoms with Gasteiger partial charge in [0.2, 0.25) is 0 Å². The number of hydrogen-bond donors (Lipinski definition) is 0. The first-order chi connectivity index (χ1) is 10.2. The number of ether oxygens (including phenoxy) is 1. The number of rotatable bonds is 10. The van der Waals surface area contributed by atoms with Crippen LogP contribution in [-0.2, 0) is 24.4 Å². The Morgan fingerprint density at radius 3 is 1.17 bits per heavy atom. The average molecular weight is 371 g/mol. The third-order valence-corrected chi connectivity index (χ3v) is 9.15. The quantitative estimate of drug-likeness (QED) is 0.552. The summed E-state index contributed by atoms with van der Waals surface area (Å²) in [6, 6.07) is 0. The molecular formula is C16H34O5S2. The molecule has 0 atom stereocenters. The molecule has 0 aliphatic heterocycles. The van der Waals surface area contributed by atoms with Crippen molar-refractivity contribution in [3.05, 3.63) is 0 Å². The predicted molar refractivity (Wildman–Crippen MR) is 96.4 cm³/mol. The Morgan fingerprint density at radius 2 is 0.913 bits per heavy atom. The molecule has 0 heterocycles. The number of hydrogen-bond acceptors (Lipinski definition) is 5. The minimum atomic E-state index is -3.05. The highest BCUT2D eigenvalue weighted by Crippen LogP contribution is 2.18. The molecule has 0 amide bonds. The topological polar surface area (TPSA) is 77.5 Å². The fourth-order valence-corrected chi connectivity index (χ4v) is 4.10. The Labute approximate surface area is 143 Å². The summed E-state index contributed by atoms with van der Waals surface area (Å²) in [5.41, 5.74) is 0. The summed E-state index contributed by atoms with van der Waals surface area (Å²) in [5, 5.41) is 0. The van der Waals surface area contributed by atoms with E-state index in [-0.39, 0.29) is 11.5 Å². The van der Waals surface area contributed by atoms with E-state index in [0.717, 1.165) is 0 Å². The van der Waals surface area contributed by atoms with Gasteiger partial charge in [0.05, 0.1) is 21.0 Å². The second-order valence-corrected chi connectivity index (χ2v) is 13.6. The molecular weight excluding hydrogens is 336 g/mol. The van der Waals surface area contributed by atoms with Gasteiger partial charge in [-0.1, -0.05) is 0 Å². The standard InChI is InChI=1S/C16H34O5S2/c1-15(2,3)22(17,18)13-9-7-11-21-12-8-10-14-23(19,20)16(4,5)6/h7-14H2,1-6H3. The van der Waals surface area contributed by atoms with Crippen LogP contribution in [0.3, 0.4) is 0 Å². The molecule has 0 bridgehead atoms. The van der Waals surface area contributed by atoms with Crippen molar-refractivity contribution in [2.24, 2.45) is 0 Å². The number of unbranched alkanes of at least 4 members (excludes halogenated alkanes) is 2. The second-order valence-electron chi connectivity index (χ2n) is 7.89. The van der Waals surface area contributed by atoms with Crippen LogP contribution in [0.5, 0.6) is 0 Å². The molecule has 0 saturated carbocycles. The van der Waals surface area contributed by atoms with Crippen molar-refractivity contribution >= 4 is 19.7 Å². The van der Waals surface area contributed by atoms with Crippen LogP contribution in [-0.4, -0.2) is 51.0 Å². The Morgan fingerprint density at radius 1 is 0.609 bits per heavy atom. The van der Waals surface area contributed by atoms with Gasteiger partial charge < -0.3 is 4.74 Å². The van der Waals surface area contributed by atoms with E-state index in [1.807, 2.05) is 0 Å².